The van der Waals surface area contributed by atoms with Crippen LogP contribution in [0.4, 0.5) is 0 Å². The van der Waals surface area contributed by atoms with Crippen molar-refractivity contribution in [2.45, 2.75) is 6.92 Å². The number of benzene rings is 2. The van der Waals surface area contributed by atoms with Crippen molar-refractivity contribution in [1.29, 1.82) is 0 Å². The largest absolute Gasteiger partial charge is 0.449 e. The molecule has 0 aliphatic carbocycles. The van der Waals surface area contributed by atoms with E-state index in [2.05, 4.69) is 31.2 Å². The summed E-state index contributed by atoms with van der Waals surface area (Å²) in [6.07, 6.45) is 0. The Morgan fingerprint density at radius 3 is 1.73 bits per heavy atom. The summed E-state index contributed by atoms with van der Waals surface area (Å²) in [6, 6.07) is 16.4. The smallest absolute Gasteiger partial charge is 0.304 e. The summed E-state index contributed by atoms with van der Waals surface area (Å²) in [5.74, 6) is 0. The van der Waals surface area contributed by atoms with Crippen LogP contribution in [0.2, 0.25) is 0 Å². The SMILES string of the molecule is Cc1ccc(-c2ccc(BO)cc2)cc1. The van der Waals surface area contributed by atoms with E-state index in [-0.39, 0.29) is 7.48 Å². The predicted octanol–water partition coefficient (Wildman–Crippen LogP) is 1.63. The van der Waals surface area contributed by atoms with E-state index in [0.29, 0.717) is 0 Å². The molecule has 0 saturated heterocycles. The molecule has 1 nitrogen and oxygen atoms in total. The second kappa shape index (κ2) is 4.32. The van der Waals surface area contributed by atoms with Gasteiger partial charge in [0, 0.05) is 0 Å². The van der Waals surface area contributed by atoms with E-state index >= 15 is 0 Å². The van der Waals surface area contributed by atoms with Crippen molar-refractivity contribution in [1.82, 2.24) is 0 Å². The van der Waals surface area contributed by atoms with Gasteiger partial charge in [-0.1, -0.05) is 59.6 Å². The van der Waals surface area contributed by atoms with Crippen molar-refractivity contribution < 1.29 is 5.02 Å². The first-order valence-corrected chi connectivity index (χ1v) is 5.06. The highest BCUT2D eigenvalue weighted by atomic mass is 16.2. The molecule has 15 heavy (non-hydrogen) atoms. The van der Waals surface area contributed by atoms with Crippen molar-refractivity contribution in [3.05, 3.63) is 54.1 Å². The monoisotopic (exact) mass is 196 g/mol. The fourth-order valence-corrected chi connectivity index (χ4v) is 1.55. The molecule has 74 valence electrons. The second-order valence-corrected chi connectivity index (χ2v) is 3.72. The predicted molar refractivity (Wildman–Crippen MR) is 65.6 cm³/mol. The molecule has 2 aromatic rings. The molecule has 2 rings (SSSR count). The zero-order valence-corrected chi connectivity index (χ0v) is 8.77. The Morgan fingerprint density at radius 2 is 1.27 bits per heavy atom. The van der Waals surface area contributed by atoms with Crippen LogP contribution in [0.25, 0.3) is 11.1 Å². The summed E-state index contributed by atoms with van der Waals surface area (Å²) in [5.41, 5.74) is 4.62. The van der Waals surface area contributed by atoms with Crippen LogP contribution in [-0.4, -0.2) is 12.5 Å². The summed E-state index contributed by atoms with van der Waals surface area (Å²) in [5, 5.41) is 8.94. The average Bonchev–Trinajstić information content (AvgIpc) is 2.30. The summed E-state index contributed by atoms with van der Waals surface area (Å²) < 4.78 is 0. The van der Waals surface area contributed by atoms with Gasteiger partial charge in [-0.3, -0.25) is 0 Å². The van der Waals surface area contributed by atoms with Crippen LogP contribution in [-0.2, 0) is 0 Å². The molecule has 0 aliphatic heterocycles. The molecule has 0 bridgehead atoms. The van der Waals surface area contributed by atoms with Gasteiger partial charge in [0.2, 0.25) is 0 Å². The first-order valence-electron chi connectivity index (χ1n) is 5.06. The quantitative estimate of drug-likeness (QED) is 0.723. The molecule has 0 saturated carbocycles. The van der Waals surface area contributed by atoms with Crippen molar-refractivity contribution in [2.24, 2.45) is 0 Å². The Labute approximate surface area is 90.7 Å². The van der Waals surface area contributed by atoms with E-state index in [9.17, 15) is 0 Å². The van der Waals surface area contributed by atoms with E-state index in [4.69, 9.17) is 5.02 Å². The lowest BCUT2D eigenvalue weighted by molar-refractivity contribution is 0.615. The number of hydrogen-bond donors (Lipinski definition) is 1. The van der Waals surface area contributed by atoms with Crippen LogP contribution in [0, 0.1) is 6.92 Å². The molecule has 0 unspecified atom stereocenters. The molecule has 0 radical (unpaired) electrons. The third kappa shape index (κ3) is 2.28. The van der Waals surface area contributed by atoms with Gasteiger partial charge in [-0.25, -0.2) is 0 Å². The highest BCUT2D eigenvalue weighted by Gasteiger charge is 1.97. The van der Waals surface area contributed by atoms with Crippen LogP contribution in [0.5, 0.6) is 0 Å². The molecule has 0 spiro atoms. The number of aryl methyl sites for hydroxylation is 1. The maximum atomic E-state index is 8.94. The molecule has 0 atom stereocenters. The lowest BCUT2D eigenvalue weighted by Gasteiger charge is -2.02. The third-order valence-corrected chi connectivity index (χ3v) is 2.52. The Balaban J connectivity index is 2.33. The van der Waals surface area contributed by atoms with Crippen LogP contribution >= 0.6 is 0 Å². The van der Waals surface area contributed by atoms with Gasteiger partial charge in [-0.05, 0) is 18.1 Å². The van der Waals surface area contributed by atoms with Crippen LogP contribution < -0.4 is 5.46 Å². The fourth-order valence-electron chi connectivity index (χ4n) is 1.55. The standard InChI is InChI=1S/C13H13BO/c1-10-2-4-11(5-3-10)12-6-8-13(14-15)9-7-12/h2-9,14-15H,1H3. The van der Waals surface area contributed by atoms with E-state index in [1.807, 2.05) is 24.3 Å². The molecule has 1 N–H and O–H groups in total. The fraction of sp³-hybridized carbons (Fsp3) is 0.0769. The minimum atomic E-state index is 0.105. The highest BCUT2D eigenvalue weighted by Crippen LogP contribution is 2.18. The van der Waals surface area contributed by atoms with E-state index in [1.54, 1.807) is 0 Å². The van der Waals surface area contributed by atoms with Gasteiger partial charge in [-0.15, -0.1) is 0 Å². The van der Waals surface area contributed by atoms with E-state index < -0.39 is 0 Å². The summed E-state index contributed by atoms with van der Waals surface area (Å²) in [6.45, 7) is 2.08. The van der Waals surface area contributed by atoms with Gasteiger partial charge in [0.05, 0.1) is 0 Å². The van der Waals surface area contributed by atoms with Gasteiger partial charge >= 0.3 is 7.48 Å². The van der Waals surface area contributed by atoms with Crippen LogP contribution in [0.3, 0.4) is 0 Å². The first-order chi connectivity index (χ1) is 7.29. The Bertz CT molecular complexity index is 431. The van der Waals surface area contributed by atoms with E-state index in [0.717, 1.165) is 5.46 Å². The van der Waals surface area contributed by atoms with Crippen molar-refractivity contribution in [3.8, 4) is 11.1 Å². The molecular weight excluding hydrogens is 183 g/mol. The second-order valence-electron chi connectivity index (χ2n) is 3.72. The zero-order chi connectivity index (χ0) is 10.7. The lowest BCUT2D eigenvalue weighted by atomic mass is 9.87. The zero-order valence-electron chi connectivity index (χ0n) is 8.77. The number of hydrogen-bond acceptors (Lipinski definition) is 1. The van der Waals surface area contributed by atoms with Crippen LogP contribution in [0.1, 0.15) is 5.56 Å². The van der Waals surface area contributed by atoms with Gasteiger partial charge in [0.25, 0.3) is 0 Å². The van der Waals surface area contributed by atoms with Crippen molar-refractivity contribution in [3.63, 3.8) is 0 Å². The Morgan fingerprint density at radius 1 is 0.800 bits per heavy atom. The molecule has 2 heteroatoms. The Kier molecular flexibility index (Phi) is 2.88. The number of rotatable bonds is 2. The van der Waals surface area contributed by atoms with Crippen molar-refractivity contribution in [2.75, 3.05) is 0 Å². The summed E-state index contributed by atoms with van der Waals surface area (Å²) in [4.78, 5) is 0. The van der Waals surface area contributed by atoms with Crippen LogP contribution in [0.15, 0.2) is 48.5 Å². The molecule has 0 heterocycles. The normalized spacial score (nSPS) is 10.0. The van der Waals surface area contributed by atoms with Gasteiger partial charge in [-0.2, -0.15) is 0 Å². The van der Waals surface area contributed by atoms with Gasteiger partial charge in [0.1, 0.15) is 0 Å². The summed E-state index contributed by atoms with van der Waals surface area (Å²) >= 11 is 0. The van der Waals surface area contributed by atoms with Gasteiger partial charge in [0.15, 0.2) is 0 Å². The minimum Gasteiger partial charge on any atom is -0.449 e. The van der Waals surface area contributed by atoms with Crippen molar-refractivity contribution >= 4 is 12.9 Å². The maximum absolute atomic E-state index is 8.94. The topological polar surface area (TPSA) is 20.2 Å². The first kappa shape index (κ1) is 10.00. The third-order valence-electron chi connectivity index (χ3n) is 2.52. The van der Waals surface area contributed by atoms with Gasteiger partial charge < -0.3 is 5.02 Å². The molecular formula is C13H13BO. The Hall–Kier alpha value is -1.54. The summed E-state index contributed by atoms with van der Waals surface area (Å²) in [7, 11) is 0.105. The van der Waals surface area contributed by atoms with E-state index in [1.165, 1.54) is 16.7 Å². The molecule has 0 aromatic heterocycles. The molecule has 2 aromatic carbocycles. The molecule has 0 aliphatic rings. The lowest BCUT2D eigenvalue weighted by Crippen LogP contribution is -2.11. The highest BCUT2D eigenvalue weighted by molar-refractivity contribution is 6.45. The maximum Gasteiger partial charge on any atom is 0.304 e. The minimum absolute atomic E-state index is 0.105. The average molecular weight is 196 g/mol. The molecule has 0 fully saturated rings. The molecule has 0 amide bonds.